The van der Waals surface area contributed by atoms with Crippen molar-refractivity contribution in [3.05, 3.63) is 88.5 Å². The highest BCUT2D eigenvalue weighted by Crippen LogP contribution is 2.27. The number of benzene rings is 3. The molecule has 0 saturated carbocycles. The Labute approximate surface area is 189 Å². The largest absolute Gasteiger partial charge is 0.352 e. The Bertz CT molecular complexity index is 1310. The van der Waals surface area contributed by atoms with Crippen molar-refractivity contribution in [3.63, 3.8) is 0 Å². The van der Waals surface area contributed by atoms with Crippen LogP contribution in [0.5, 0.6) is 0 Å². The summed E-state index contributed by atoms with van der Waals surface area (Å²) in [7, 11) is -3.91. The van der Waals surface area contributed by atoms with Gasteiger partial charge in [-0.15, -0.1) is 0 Å². The fraction of sp³-hybridized carbons (Fsp3) is 0.0909. The van der Waals surface area contributed by atoms with Gasteiger partial charge >= 0.3 is 0 Å². The summed E-state index contributed by atoms with van der Waals surface area (Å²) in [4.78, 5) is 34.8. The molecule has 0 aliphatic carbocycles. The third-order valence-corrected chi connectivity index (χ3v) is 5.63. The second-order valence-corrected chi connectivity index (χ2v) is 8.48. The lowest BCUT2D eigenvalue weighted by Gasteiger charge is -2.09. The van der Waals surface area contributed by atoms with Gasteiger partial charge in [-0.3, -0.25) is 19.7 Å². The highest BCUT2D eigenvalue weighted by molar-refractivity contribution is 7.89. The van der Waals surface area contributed by atoms with Gasteiger partial charge in [0.15, 0.2) is 0 Å². The topological polar surface area (TPSA) is 162 Å². The Morgan fingerprint density at radius 3 is 2.24 bits per heavy atom. The summed E-state index contributed by atoms with van der Waals surface area (Å²) in [6, 6.07) is 18.3. The molecule has 4 N–H and O–H groups in total. The lowest BCUT2D eigenvalue weighted by Crippen LogP contribution is -2.27. The van der Waals surface area contributed by atoms with E-state index in [1.54, 1.807) is 36.4 Å². The number of hydrogen-bond acceptors (Lipinski definition) is 6. The van der Waals surface area contributed by atoms with Crippen molar-refractivity contribution >= 4 is 33.2 Å². The van der Waals surface area contributed by atoms with Crippen molar-refractivity contribution in [2.75, 3.05) is 11.9 Å². The fourth-order valence-corrected chi connectivity index (χ4v) is 3.86. The molecule has 0 bridgehead atoms. The van der Waals surface area contributed by atoms with Gasteiger partial charge in [0, 0.05) is 30.2 Å². The number of sulfonamides is 1. The van der Waals surface area contributed by atoms with Gasteiger partial charge in [-0.1, -0.05) is 42.5 Å². The summed E-state index contributed by atoms with van der Waals surface area (Å²) < 4.78 is 23.6. The molecule has 11 heteroatoms. The number of carbonyl (C=O) groups is 2. The minimum absolute atomic E-state index is 0.0152. The van der Waals surface area contributed by atoms with Crippen LogP contribution < -0.4 is 15.8 Å². The number of anilines is 1. The number of rotatable bonds is 8. The molecule has 0 aromatic heterocycles. The Kier molecular flexibility index (Phi) is 7.16. The molecule has 0 atom stereocenters. The SMILES string of the molecule is NS(=O)(=O)c1ccccc1-c1ccc(C(=O)NCCC(=O)Nc2ccccc2[N+](=O)[O-])cc1. The monoisotopic (exact) mass is 468 g/mol. The molecule has 0 saturated heterocycles. The summed E-state index contributed by atoms with van der Waals surface area (Å²) in [6.07, 6.45) is -0.0857. The number of nitrogens with zero attached hydrogens (tertiary/aromatic N) is 1. The van der Waals surface area contributed by atoms with E-state index in [9.17, 15) is 28.1 Å². The van der Waals surface area contributed by atoms with E-state index in [4.69, 9.17) is 5.14 Å². The zero-order chi connectivity index (χ0) is 24.0. The van der Waals surface area contributed by atoms with Gasteiger partial charge < -0.3 is 10.6 Å². The normalized spacial score (nSPS) is 10.9. The molecule has 0 unspecified atom stereocenters. The maximum atomic E-state index is 12.4. The maximum absolute atomic E-state index is 12.4. The van der Waals surface area contributed by atoms with E-state index < -0.39 is 26.8 Å². The highest BCUT2D eigenvalue weighted by atomic mass is 32.2. The van der Waals surface area contributed by atoms with E-state index in [0.29, 0.717) is 16.7 Å². The summed E-state index contributed by atoms with van der Waals surface area (Å²) in [5.41, 5.74) is 1.15. The number of nitro benzene ring substituents is 1. The van der Waals surface area contributed by atoms with Gasteiger partial charge in [-0.05, 0) is 29.8 Å². The van der Waals surface area contributed by atoms with E-state index in [1.165, 1.54) is 36.4 Å². The molecule has 170 valence electrons. The van der Waals surface area contributed by atoms with E-state index in [2.05, 4.69) is 10.6 Å². The fourth-order valence-electron chi connectivity index (χ4n) is 3.10. The maximum Gasteiger partial charge on any atom is 0.292 e. The van der Waals surface area contributed by atoms with Crippen LogP contribution in [0.25, 0.3) is 11.1 Å². The van der Waals surface area contributed by atoms with Crippen molar-refractivity contribution in [1.82, 2.24) is 5.32 Å². The molecule has 0 aliphatic heterocycles. The number of para-hydroxylation sites is 2. The molecule has 33 heavy (non-hydrogen) atoms. The van der Waals surface area contributed by atoms with Crippen LogP contribution in [0.4, 0.5) is 11.4 Å². The van der Waals surface area contributed by atoms with E-state index >= 15 is 0 Å². The molecule has 0 aliphatic rings. The van der Waals surface area contributed by atoms with E-state index in [1.807, 2.05) is 0 Å². The summed E-state index contributed by atoms with van der Waals surface area (Å²) in [5.74, 6) is -0.917. The van der Waals surface area contributed by atoms with Crippen LogP contribution in [0.2, 0.25) is 0 Å². The number of nitrogens with two attached hydrogens (primary N) is 1. The van der Waals surface area contributed by atoms with Gasteiger partial charge in [-0.25, -0.2) is 13.6 Å². The van der Waals surface area contributed by atoms with Gasteiger partial charge in [0.05, 0.1) is 9.82 Å². The van der Waals surface area contributed by atoms with Crippen LogP contribution in [-0.4, -0.2) is 31.7 Å². The van der Waals surface area contributed by atoms with Crippen molar-refractivity contribution in [2.24, 2.45) is 5.14 Å². The average Bonchev–Trinajstić information content (AvgIpc) is 2.78. The molecule has 3 rings (SSSR count). The third kappa shape index (κ3) is 5.99. The van der Waals surface area contributed by atoms with E-state index in [-0.39, 0.29) is 29.2 Å². The zero-order valence-corrected chi connectivity index (χ0v) is 18.0. The Morgan fingerprint density at radius 2 is 1.58 bits per heavy atom. The van der Waals surface area contributed by atoms with E-state index in [0.717, 1.165) is 0 Å². The number of nitro groups is 1. The number of nitrogens with one attached hydrogen (secondary N) is 2. The number of hydrogen-bond donors (Lipinski definition) is 3. The van der Waals surface area contributed by atoms with Crippen LogP contribution >= 0.6 is 0 Å². The number of carbonyl (C=O) groups excluding carboxylic acids is 2. The predicted molar refractivity (Wildman–Crippen MR) is 122 cm³/mol. The molecule has 2 amide bonds. The molecular formula is C22H20N4O6S. The van der Waals surface area contributed by atoms with Crippen LogP contribution in [0, 0.1) is 10.1 Å². The number of primary sulfonamides is 1. The molecule has 0 fully saturated rings. The van der Waals surface area contributed by atoms with Crippen LogP contribution in [0.15, 0.2) is 77.7 Å². The predicted octanol–water partition coefficient (Wildman–Crippen LogP) is 2.67. The van der Waals surface area contributed by atoms with Gasteiger partial charge in [-0.2, -0.15) is 0 Å². The molecule has 10 nitrogen and oxygen atoms in total. The Balaban J connectivity index is 1.59. The Hall–Kier alpha value is -4.09. The quantitative estimate of drug-likeness (QED) is 0.340. The lowest BCUT2D eigenvalue weighted by atomic mass is 10.0. The first kappa shape index (κ1) is 23.6. The second-order valence-electron chi connectivity index (χ2n) is 6.95. The first-order valence-corrected chi connectivity index (χ1v) is 11.2. The minimum atomic E-state index is -3.91. The summed E-state index contributed by atoms with van der Waals surface area (Å²) in [6.45, 7) is 0.0152. The van der Waals surface area contributed by atoms with Gasteiger partial charge in [0.1, 0.15) is 5.69 Å². The molecule has 3 aromatic rings. The standard InChI is InChI=1S/C22H20N4O6S/c23-33(31,32)20-8-4-1-5-17(20)15-9-11-16(12-10-15)22(28)24-14-13-21(27)25-18-6-2-3-7-19(18)26(29)30/h1-12H,13-14H2,(H,24,28)(H,25,27)(H2,23,31,32). The van der Waals surface area contributed by atoms with Crippen LogP contribution in [0.1, 0.15) is 16.8 Å². The second kappa shape index (κ2) is 10.0. The molecular weight excluding hydrogens is 448 g/mol. The van der Waals surface area contributed by atoms with Crippen molar-refractivity contribution in [1.29, 1.82) is 0 Å². The molecule has 0 spiro atoms. The summed E-state index contributed by atoms with van der Waals surface area (Å²) in [5, 5.41) is 21.3. The molecule has 0 heterocycles. The molecule has 3 aromatic carbocycles. The smallest absolute Gasteiger partial charge is 0.292 e. The average molecular weight is 468 g/mol. The first-order valence-electron chi connectivity index (χ1n) is 9.70. The van der Waals surface area contributed by atoms with Crippen molar-refractivity contribution in [3.8, 4) is 11.1 Å². The van der Waals surface area contributed by atoms with Gasteiger partial charge in [0.2, 0.25) is 15.9 Å². The third-order valence-electron chi connectivity index (χ3n) is 4.66. The highest BCUT2D eigenvalue weighted by Gasteiger charge is 2.16. The first-order chi connectivity index (χ1) is 15.7. The number of amides is 2. The van der Waals surface area contributed by atoms with Gasteiger partial charge in [0.25, 0.3) is 11.6 Å². The van der Waals surface area contributed by atoms with Crippen LogP contribution in [-0.2, 0) is 14.8 Å². The van der Waals surface area contributed by atoms with Crippen LogP contribution in [0.3, 0.4) is 0 Å². The minimum Gasteiger partial charge on any atom is -0.352 e. The molecule has 0 radical (unpaired) electrons. The Morgan fingerprint density at radius 1 is 0.939 bits per heavy atom. The zero-order valence-electron chi connectivity index (χ0n) is 17.2. The lowest BCUT2D eigenvalue weighted by molar-refractivity contribution is -0.383. The summed E-state index contributed by atoms with van der Waals surface area (Å²) >= 11 is 0. The van der Waals surface area contributed by atoms with Crippen molar-refractivity contribution in [2.45, 2.75) is 11.3 Å². The van der Waals surface area contributed by atoms with Crippen molar-refractivity contribution < 1.29 is 22.9 Å².